The van der Waals surface area contributed by atoms with E-state index in [2.05, 4.69) is 39.4 Å². The molecule has 1 aliphatic rings. The highest BCUT2D eigenvalue weighted by atomic mass is 19.2. The number of para-hydroxylation sites is 1. The lowest BCUT2D eigenvalue weighted by atomic mass is 10.1. The minimum absolute atomic E-state index is 0.0780. The number of hydrogen-bond donors (Lipinski definition) is 1. The van der Waals surface area contributed by atoms with E-state index in [0.717, 1.165) is 50.4 Å². The van der Waals surface area contributed by atoms with E-state index in [-0.39, 0.29) is 5.56 Å². The van der Waals surface area contributed by atoms with Crippen LogP contribution in [-0.4, -0.2) is 37.0 Å². The fraction of sp³-hybridized carbons (Fsp3) is 0.208. The summed E-state index contributed by atoms with van der Waals surface area (Å²) in [6, 6.07) is 21.2. The second kappa shape index (κ2) is 9.05. The standard InChI is InChI=1S/C24H23F2N3O/c25-22-11-8-19(16-23(22)26)24(30)27-20-9-6-18(7-10-20)17-28-12-14-29(15-13-28)21-4-2-1-3-5-21/h1-11,16H,12-15,17H2,(H,27,30). The molecule has 1 saturated heterocycles. The Bertz CT molecular complexity index is 1000. The lowest BCUT2D eigenvalue weighted by molar-refractivity contribution is 0.102. The first kappa shape index (κ1) is 20.0. The van der Waals surface area contributed by atoms with E-state index in [1.54, 1.807) is 0 Å². The number of nitrogens with zero attached hydrogens (tertiary/aromatic N) is 2. The lowest BCUT2D eigenvalue weighted by Crippen LogP contribution is -2.45. The van der Waals surface area contributed by atoms with Gasteiger partial charge in [0.1, 0.15) is 0 Å². The van der Waals surface area contributed by atoms with E-state index < -0.39 is 17.5 Å². The van der Waals surface area contributed by atoms with Crippen LogP contribution < -0.4 is 10.2 Å². The topological polar surface area (TPSA) is 35.6 Å². The van der Waals surface area contributed by atoms with Crippen LogP contribution in [0.15, 0.2) is 72.8 Å². The first-order valence-corrected chi connectivity index (χ1v) is 9.96. The number of carbonyl (C=O) groups excluding carboxylic acids is 1. The predicted molar refractivity (Wildman–Crippen MR) is 115 cm³/mol. The van der Waals surface area contributed by atoms with Gasteiger partial charge in [0, 0.05) is 49.7 Å². The summed E-state index contributed by atoms with van der Waals surface area (Å²) in [5.41, 5.74) is 3.11. The van der Waals surface area contributed by atoms with Gasteiger partial charge in [-0.15, -0.1) is 0 Å². The number of anilines is 2. The Balaban J connectivity index is 1.30. The van der Waals surface area contributed by atoms with E-state index >= 15 is 0 Å². The van der Waals surface area contributed by atoms with Gasteiger partial charge in [-0.3, -0.25) is 9.69 Å². The summed E-state index contributed by atoms with van der Waals surface area (Å²) in [6.07, 6.45) is 0. The van der Waals surface area contributed by atoms with Crippen LogP contribution in [0.5, 0.6) is 0 Å². The molecule has 0 saturated carbocycles. The zero-order chi connectivity index (χ0) is 20.9. The Kier molecular flexibility index (Phi) is 6.05. The van der Waals surface area contributed by atoms with Crippen LogP contribution in [-0.2, 0) is 6.54 Å². The Morgan fingerprint density at radius 3 is 2.20 bits per heavy atom. The van der Waals surface area contributed by atoms with Crippen molar-refractivity contribution in [1.29, 1.82) is 0 Å². The molecule has 1 N–H and O–H groups in total. The average Bonchev–Trinajstić information content (AvgIpc) is 2.78. The molecule has 154 valence electrons. The molecule has 0 aliphatic carbocycles. The molecule has 4 nitrogen and oxygen atoms in total. The normalized spacial score (nSPS) is 14.5. The summed E-state index contributed by atoms with van der Waals surface area (Å²) < 4.78 is 26.3. The largest absolute Gasteiger partial charge is 0.369 e. The fourth-order valence-corrected chi connectivity index (χ4v) is 3.60. The van der Waals surface area contributed by atoms with Crippen molar-refractivity contribution < 1.29 is 13.6 Å². The Morgan fingerprint density at radius 2 is 1.53 bits per heavy atom. The van der Waals surface area contributed by atoms with Crippen molar-refractivity contribution in [2.45, 2.75) is 6.54 Å². The first-order chi connectivity index (χ1) is 14.6. The molecule has 3 aromatic carbocycles. The van der Waals surface area contributed by atoms with Gasteiger partial charge in [-0.2, -0.15) is 0 Å². The highest BCUT2D eigenvalue weighted by Crippen LogP contribution is 2.18. The van der Waals surface area contributed by atoms with E-state index in [1.807, 2.05) is 30.3 Å². The van der Waals surface area contributed by atoms with Crippen molar-refractivity contribution in [3.05, 3.63) is 95.6 Å². The molecule has 0 radical (unpaired) electrons. The number of halogens is 2. The van der Waals surface area contributed by atoms with E-state index in [9.17, 15) is 13.6 Å². The zero-order valence-electron chi connectivity index (χ0n) is 16.5. The van der Waals surface area contributed by atoms with Gasteiger partial charge >= 0.3 is 0 Å². The van der Waals surface area contributed by atoms with Crippen LogP contribution in [0.1, 0.15) is 15.9 Å². The van der Waals surface area contributed by atoms with Gasteiger partial charge in [-0.1, -0.05) is 30.3 Å². The number of piperazine rings is 1. The highest BCUT2D eigenvalue weighted by Gasteiger charge is 2.17. The molecule has 6 heteroatoms. The minimum atomic E-state index is -1.04. The van der Waals surface area contributed by atoms with E-state index in [0.29, 0.717) is 5.69 Å². The van der Waals surface area contributed by atoms with E-state index in [1.165, 1.54) is 11.8 Å². The van der Waals surface area contributed by atoms with Gasteiger partial charge in [-0.05, 0) is 48.0 Å². The van der Waals surface area contributed by atoms with Gasteiger partial charge in [0.15, 0.2) is 11.6 Å². The van der Waals surface area contributed by atoms with E-state index in [4.69, 9.17) is 0 Å². The number of rotatable bonds is 5. The van der Waals surface area contributed by atoms with Gasteiger partial charge in [0.25, 0.3) is 5.91 Å². The van der Waals surface area contributed by atoms with Crippen molar-refractivity contribution in [2.75, 3.05) is 36.4 Å². The Labute approximate surface area is 174 Å². The lowest BCUT2D eigenvalue weighted by Gasteiger charge is -2.36. The first-order valence-electron chi connectivity index (χ1n) is 9.96. The van der Waals surface area contributed by atoms with Crippen molar-refractivity contribution in [3.63, 3.8) is 0 Å². The quantitative estimate of drug-likeness (QED) is 0.675. The minimum Gasteiger partial charge on any atom is -0.369 e. The maximum absolute atomic E-state index is 13.3. The molecule has 1 fully saturated rings. The number of carbonyl (C=O) groups is 1. The van der Waals surface area contributed by atoms with Crippen LogP contribution >= 0.6 is 0 Å². The summed E-state index contributed by atoms with van der Waals surface area (Å²) in [4.78, 5) is 17.0. The summed E-state index contributed by atoms with van der Waals surface area (Å²) >= 11 is 0. The Morgan fingerprint density at radius 1 is 0.833 bits per heavy atom. The van der Waals surface area contributed by atoms with Gasteiger partial charge in [0.05, 0.1) is 0 Å². The molecule has 0 unspecified atom stereocenters. The smallest absolute Gasteiger partial charge is 0.255 e. The fourth-order valence-electron chi connectivity index (χ4n) is 3.60. The van der Waals surface area contributed by atoms with Gasteiger partial charge < -0.3 is 10.2 Å². The highest BCUT2D eigenvalue weighted by molar-refractivity contribution is 6.04. The molecule has 3 aromatic rings. The third kappa shape index (κ3) is 4.83. The molecule has 0 atom stereocenters. The van der Waals surface area contributed by atoms with Crippen LogP contribution in [0.25, 0.3) is 0 Å². The number of hydrogen-bond acceptors (Lipinski definition) is 3. The molecule has 0 bridgehead atoms. The third-order valence-electron chi connectivity index (χ3n) is 5.29. The summed E-state index contributed by atoms with van der Waals surface area (Å²) in [5.74, 6) is -2.48. The molecule has 1 aliphatic heterocycles. The summed E-state index contributed by atoms with van der Waals surface area (Å²) in [5, 5.41) is 2.71. The number of benzene rings is 3. The maximum Gasteiger partial charge on any atom is 0.255 e. The average molecular weight is 407 g/mol. The molecule has 4 rings (SSSR count). The van der Waals surface area contributed by atoms with Crippen LogP contribution in [0.4, 0.5) is 20.2 Å². The maximum atomic E-state index is 13.3. The summed E-state index contributed by atoms with van der Waals surface area (Å²) in [7, 11) is 0. The Hall–Kier alpha value is -3.25. The molecule has 1 amide bonds. The molecule has 0 spiro atoms. The van der Waals surface area contributed by atoms with Crippen molar-refractivity contribution in [3.8, 4) is 0 Å². The SMILES string of the molecule is O=C(Nc1ccc(CN2CCN(c3ccccc3)CC2)cc1)c1ccc(F)c(F)c1. The van der Waals surface area contributed by atoms with Gasteiger partial charge in [0.2, 0.25) is 0 Å². The van der Waals surface area contributed by atoms with Crippen LogP contribution in [0.3, 0.4) is 0 Å². The van der Waals surface area contributed by atoms with Crippen molar-refractivity contribution in [1.82, 2.24) is 4.90 Å². The monoisotopic (exact) mass is 407 g/mol. The zero-order valence-corrected chi connectivity index (χ0v) is 16.5. The van der Waals surface area contributed by atoms with Crippen molar-refractivity contribution in [2.24, 2.45) is 0 Å². The molecule has 0 aromatic heterocycles. The van der Waals surface area contributed by atoms with Gasteiger partial charge in [-0.25, -0.2) is 8.78 Å². The summed E-state index contributed by atoms with van der Waals surface area (Å²) in [6.45, 7) is 4.81. The van der Waals surface area contributed by atoms with Crippen molar-refractivity contribution >= 4 is 17.3 Å². The number of amides is 1. The third-order valence-corrected chi connectivity index (χ3v) is 5.29. The molecule has 1 heterocycles. The number of nitrogens with one attached hydrogen (secondary N) is 1. The van der Waals surface area contributed by atoms with Crippen LogP contribution in [0.2, 0.25) is 0 Å². The second-order valence-corrected chi connectivity index (χ2v) is 7.38. The second-order valence-electron chi connectivity index (χ2n) is 7.38. The van der Waals surface area contributed by atoms with Crippen LogP contribution in [0, 0.1) is 11.6 Å². The molecular formula is C24H23F2N3O. The molecular weight excluding hydrogens is 384 g/mol. The molecule has 30 heavy (non-hydrogen) atoms. The predicted octanol–water partition coefficient (Wildman–Crippen LogP) is 4.54.